The fraction of sp³-hybridized carbons (Fsp3) is 0.389. The molecule has 25 heavy (non-hydrogen) atoms. The van der Waals surface area contributed by atoms with Gasteiger partial charge in [-0.2, -0.15) is 10.2 Å². The summed E-state index contributed by atoms with van der Waals surface area (Å²) >= 11 is 0. The van der Waals surface area contributed by atoms with E-state index in [1.807, 2.05) is 37.1 Å². The zero-order valence-electron chi connectivity index (χ0n) is 14.6. The van der Waals surface area contributed by atoms with Gasteiger partial charge in [0.05, 0.1) is 41.7 Å². The van der Waals surface area contributed by atoms with Gasteiger partial charge < -0.3 is 9.64 Å². The maximum atomic E-state index is 13.3. The van der Waals surface area contributed by atoms with Gasteiger partial charge in [-0.25, -0.2) is 4.68 Å². The molecule has 3 heterocycles. The lowest BCUT2D eigenvalue weighted by molar-refractivity contribution is 0.0735. The number of aromatic amines is 1. The molecule has 1 saturated heterocycles. The molecular weight excluding hydrogens is 318 g/mol. The van der Waals surface area contributed by atoms with Crippen LogP contribution in [-0.4, -0.2) is 44.4 Å². The van der Waals surface area contributed by atoms with E-state index in [1.165, 1.54) is 0 Å². The number of likely N-dealkylation sites (tertiary alicyclic amines) is 1. The molecule has 1 fully saturated rings. The van der Waals surface area contributed by atoms with Gasteiger partial charge in [-0.15, -0.1) is 0 Å². The molecule has 2 aromatic heterocycles. The zero-order chi connectivity index (χ0) is 17.6. The van der Waals surface area contributed by atoms with Crippen LogP contribution < -0.4 is 4.74 Å². The second kappa shape index (κ2) is 5.91. The molecule has 1 aliphatic rings. The van der Waals surface area contributed by atoms with Crippen LogP contribution in [0.3, 0.4) is 0 Å². The molecule has 1 unspecified atom stereocenters. The number of ether oxygens (including phenoxy) is 1. The standard InChI is InChI=1S/C18H21N5O2/c1-11-16(18(25-3)22(2)21-11)15-8-5-9-23(15)17(24)12-6-4-7-14-13(12)10-19-20-14/h4,6-7,10,15H,5,8-9H2,1-3H3,(H,19,20). The molecule has 130 valence electrons. The molecule has 0 aliphatic carbocycles. The summed E-state index contributed by atoms with van der Waals surface area (Å²) in [6.45, 7) is 2.70. The lowest BCUT2D eigenvalue weighted by Gasteiger charge is -2.25. The highest BCUT2D eigenvalue weighted by molar-refractivity contribution is 6.06. The Kier molecular flexibility index (Phi) is 3.71. The van der Waals surface area contributed by atoms with Crippen molar-refractivity contribution in [2.24, 2.45) is 7.05 Å². The zero-order valence-corrected chi connectivity index (χ0v) is 14.6. The topological polar surface area (TPSA) is 76.0 Å². The summed E-state index contributed by atoms with van der Waals surface area (Å²) in [5.74, 6) is 0.753. The largest absolute Gasteiger partial charge is 0.481 e. The number of hydrogen-bond donors (Lipinski definition) is 1. The van der Waals surface area contributed by atoms with Gasteiger partial charge >= 0.3 is 0 Å². The Bertz CT molecular complexity index is 942. The van der Waals surface area contributed by atoms with Crippen molar-refractivity contribution in [3.05, 3.63) is 41.2 Å². The van der Waals surface area contributed by atoms with Crippen LogP contribution in [0.1, 0.15) is 40.5 Å². The fourth-order valence-electron chi connectivity index (χ4n) is 3.90. The summed E-state index contributed by atoms with van der Waals surface area (Å²) < 4.78 is 7.29. The normalized spacial score (nSPS) is 17.4. The van der Waals surface area contributed by atoms with Gasteiger partial charge in [0.1, 0.15) is 0 Å². The summed E-state index contributed by atoms with van der Waals surface area (Å²) in [6.07, 6.45) is 3.59. The molecule has 3 aromatic rings. The molecule has 1 amide bonds. The highest BCUT2D eigenvalue weighted by Gasteiger charge is 2.35. The van der Waals surface area contributed by atoms with Crippen molar-refractivity contribution >= 4 is 16.8 Å². The lowest BCUT2D eigenvalue weighted by Crippen LogP contribution is -2.31. The van der Waals surface area contributed by atoms with E-state index in [2.05, 4.69) is 15.3 Å². The molecule has 0 saturated carbocycles. The third-order valence-corrected chi connectivity index (χ3v) is 4.97. The third kappa shape index (κ3) is 2.38. The van der Waals surface area contributed by atoms with Crippen LogP contribution in [0.2, 0.25) is 0 Å². The van der Waals surface area contributed by atoms with Crippen molar-refractivity contribution in [3.63, 3.8) is 0 Å². The Morgan fingerprint density at radius 2 is 2.24 bits per heavy atom. The van der Waals surface area contributed by atoms with Crippen molar-refractivity contribution in [1.82, 2.24) is 24.9 Å². The molecule has 1 atom stereocenters. The number of nitrogens with one attached hydrogen (secondary N) is 1. The van der Waals surface area contributed by atoms with Crippen molar-refractivity contribution in [1.29, 1.82) is 0 Å². The maximum Gasteiger partial charge on any atom is 0.255 e. The number of benzene rings is 1. The molecule has 1 N–H and O–H groups in total. The molecule has 0 spiro atoms. The Labute approximate surface area is 145 Å². The van der Waals surface area contributed by atoms with Crippen LogP contribution in [0.5, 0.6) is 5.88 Å². The minimum atomic E-state index is -0.0155. The van der Waals surface area contributed by atoms with E-state index in [1.54, 1.807) is 18.0 Å². The summed E-state index contributed by atoms with van der Waals surface area (Å²) in [5.41, 5.74) is 3.47. The first-order valence-electron chi connectivity index (χ1n) is 8.42. The predicted molar refractivity (Wildman–Crippen MR) is 93.6 cm³/mol. The van der Waals surface area contributed by atoms with Crippen LogP contribution in [0.15, 0.2) is 24.4 Å². The number of carbonyl (C=O) groups is 1. The number of carbonyl (C=O) groups excluding carboxylic acids is 1. The monoisotopic (exact) mass is 339 g/mol. The Balaban J connectivity index is 1.75. The minimum Gasteiger partial charge on any atom is -0.481 e. The van der Waals surface area contributed by atoms with E-state index in [-0.39, 0.29) is 11.9 Å². The summed E-state index contributed by atoms with van der Waals surface area (Å²) in [6, 6.07) is 5.66. The average molecular weight is 339 g/mol. The Morgan fingerprint density at radius 1 is 1.40 bits per heavy atom. The second-order valence-electron chi connectivity index (χ2n) is 6.43. The average Bonchev–Trinajstić information content (AvgIpc) is 3.31. The first kappa shape index (κ1) is 15.7. The van der Waals surface area contributed by atoms with Gasteiger partial charge in [0.15, 0.2) is 0 Å². The van der Waals surface area contributed by atoms with Gasteiger partial charge in [-0.3, -0.25) is 9.89 Å². The van der Waals surface area contributed by atoms with Crippen molar-refractivity contribution < 1.29 is 9.53 Å². The SMILES string of the molecule is COc1c(C2CCCN2C(=O)c2cccc3[nH]ncc23)c(C)nn1C. The first-order chi connectivity index (χ1) is 12.1. The first-order valence-corrected chi connectivity index (χ1v) is 8.42. The minimum absolute atomic E-state index is 0.0155. The van der Waals surface area contributed by atoms with E-state index >= 15 is 0 Å². The van der Waals surface area contributed by atoms with Crippen LogP contribution in [-0.2, 0) is 7.05 Å². The van der Waals surface area contributed by atoms with Crippen molar-refractivity contribution in [2.45, 2.75) is 25.8 Å². The van der Waals surface area contributed by atoms with Crippen molar-refractivity contribution in [2.75, 3.05) is 13.7 Å². The molecule has 7 nitrogen and oxygen atoms in total. The van der Waals surface area contributed by atoms with E-state index in [9.17, 15) is 4.79 Å². The number of fused-ring (bicyclic) bond motifs is 1. The quantitative estimate of drug-likeness (QED) is 0.796. The van der Waals surface area contributed by atoms with E-state index in [0.29, 0.717) is 5.56 Å². The van der Waals surface area contributed by atoms with E-state index in [4.69, 9.17) is 4.74 Å². The van der Waals surface area contributed by atoms with Crippen LogP contribution in [0, 0.1) is 6.92 Å². The van der Waals surface area contributed by atoms with E-state index < -0.39 is 0 Å². The lowest BCUT2D eigenvalue weighted by atomic mass is 10.0. The number of nitrogens with zero attached hydrogens (tertiary/aromatic N) is 4. The molecule has 1 aromatic carbocycles. The number of methoxy groups -OCH3 is 1. The van der Waals surface area contributed by atoms with Gasteiger partial charge in [0.25, 0.3) is 5.91 Å². The molecule has 7 heteroatoms. The van der Waals surface area contributed by atoms with Gasteiger partial charge in [-0.1, -0.05) is 6.07 Å². The Morgan fingerprint density at radius 3 is 3.04 bits per heavy atom. The molecule has 1 aliphatic heterocycles. The molecular formula is C18H21N5O2. The number of aryl methyl sites for hydroxylation is 2. The smallest absolute Gasteiger partial charge is 0.255 e. The van der Waals surface area contributed by atoms with Crippen LogP contribution >= 0.6 is 0 Å². The molecule has 0 radical (unpaired) electrons. The number of aromatic nitrogens is 4. The molecule has 4 rings (SSSR count). The highest BCUT2D eigenvalue weighted by Crippen LogP contribution is 2.39. The molecule has 0 bridgehead atoms. The van der Waals surface area contributed by atoms with Crippen LogP contribution in [0.4, 0.5) is 0 Å². The summed E-state index contributed by atoms with van der Waals surface area (Å²) in [7, 11) is 3.51. The van der Waals surface area contributed by atoms with Gasteiger partial charge in [0, 0.05) is 19.0 Å². The van der Waals surface area contributed by atoms with Crippen LogP contribution in [0.25, 0.3) is 10.9 Å². The number of rotatable bonds is 3. The number of amides is 1. The summed E-state index contributed by atoms with van der Waals surface area (Å²) in [5, 5.41) is 12.3. The predicted octanol–water partition coefficient (Wildman–Crippen LogP) is 2.59. The van der Waals surface area contributed by atoms with Crippen molar-refractivity contribution in [3.8, 4) is 5.88 Å². The van der Waals surface area contributed by atoms with E-state index in [0.717, 1.165) is 47.4 Å². The van der Waals surface area contributed by atoms with Gasteiger partial charge in [0.2, 0.25) is 5.88 Å². The maximum absolute atomic E-state index is 13.3. The number of H-pyrrole nitrogens is 1. The third-order valence-electron chi connectivity index (χ3n) is 4.97. The summed E-state index contributed by atoms with van der Waals surface area (Å²) in [4.78, 5) is 15.2. The Hall–Kier alpha value is -2.83. The van der Waals surface area contributed by atoms with Gasteiger partial charge in [-0.05, 0) is 31.9 Å². The fourth-order valence-corrected chi connectivity index (χ4v) is 3.90. The number of hydrogen-bond acceptors (Lipinski definition) is 4. The highest BCUT2D eigenvalue weighted by atomic mass is 16.5. The second-order valence-corrected chi connectivity index (χ2v) is 6.43.